The van der Waals surface area contributed by atoms with Gasteiger partial charge in [0.2, 0.25) is 0 Å². The summed E-state index contributed by atoms with van der Waals surface area (Å²) >= 11 is 0. The van der Waals surface area contributed by atoms with E-state index in [1.54, 1.807) is 6.26 Å². The average Bonchev–Trinajstić information content (AvgIpc) is 3.10. The van der Waals surface area contributed by atoms with Gasteiger partial charge in [0.15, 0.2) is 0 Å². The Morgan fingerprint density at radius 3 is 3.04 bits per heavy atom. The lowest BCUT2D eigenvalue weighted by atomic mass is 9.93. The highest BCUT2D eigenvalue weighted by atomic mass is 16.3. The number of pyridine rings is 1. The standard InChI is InChI=1S/C21H25N3O/c1-16-14-24(15-19-4-2-3-9-22-19)10-7-20(16)23-13-17-5-6-21-18(12-17)8-11-25-21/h2-6,8-9,11-12,16,20,23H,7,10,13-15H2,1H3. The van der Waals surface area contributed by atoms with Gasteiger partial charge in [0, 0.05) is 43.8 Å². The average molecular weight is 335 g/mol. The van der Waals surface area contributed by atoms with Gasteiger partial charge in [-0.3, -0.25) is 9.88 Å². The highest BCUT2D eigenvalue weighted by Crippen LogP contribution is 2.20. The summed E-state index contributed by atoms with van der Waals surface area (Å²) in [5, 5.41) is 4.93. The first-order chi connectivity index (χ1) is 12.3. The summed E-state index contributed by atoms with van der Waals surface area (Å²) in [6.45, 7) is 6.46. The van der Waals surface area contributed by atoms with Crippen molar-refractivity contribution in [3.05, 3.63) is 66.2 Å². The normalized spacial score (nSPS) is 21.6. The maximum Gasteiger partial charge on any atom is 0.133 e. The van der Waals surface area contributed by atoms with Crippen molar-refractivity contribution in [1.82, 2.24) is 15.2 Å². The Balaban J connectivity index is 1.30. The van der Waals surface area contributed by atoms with Crippen LogP contribution >= 0.6 is 0 Å². The molecule has 4 rings (SSSR count). The van der Waals surface area contributed by atoms with Gasteiger partial charge in [-0.1, -0.05) is 19.1 Å². The number of aromatic nitrogens is 1. The lowest BCUT2D eigenvalue weighted by Gasteiger charge is -2.37. The van der Waals surface area contributed by atoms with Crippen LogP contribution in [0.1, 0.15) is 24.6 Å². The Morgan fingerprint density at radius 1 is 1.24 bits per heavy atom. The highest BCUT2D eigenvalue weighted by molar-refractivity contribution is 5.77. The Hall–Kier alpha value is -2.17. The molecule has 3 aromatic rings. The van der Waals surface area contributed by atoms with Gasteiger partial charge in [-0.15, -0.1) is 0 Å². The van der Waals surface area contributed by atoms with Crippen LogP contribution in [0.25, 0.3) is 11.0 Å². The smallest absolute Gasteiger partial charge is 0.133 e. The Kier molecular flexibility index (Phi) is 4.81. The van der Waals surface area contributed by atoms with Gasteiger partial charge in [0.25, 0.3) is 0 Å². The molecule has 0 saturated carbocycles. The minimum Gasteiger partial charge on any atom is -0.464 e. The number of hydrogen-bond acceptors (Lipinski definition) is 4. The first kappa shape index (κ1) is 16.3. The SMILES string of the molecule is CC1CN(Cc2ccccn2)CCC1NCc1ccc2occc2c1. The maximum absolute atomic E-state index is 5.41. The molecule has 1 aliphatic heterocycles. The molecular formula is C21H25N3O. The van der Waals surface area contributed by atoms with Crippen molar-refractivity contribution in [3.8, 4) is 0 Å². The molecule has 0 spiro atoms. The summed E-state index contributed by atoms with van der Waals surface area (Å²) in [7, 11) is 0. The fourth-order valence-corrected chi connectivity index (χ4v) is 3.77. The van der Waals surface area contributed by atoms with Gasteiger partial charge in [-0.25, -0.2) is 0 Å². The Morgan fingerprint density at radius 2 is 2.20 bits per heavy atom. The van der Waals surface area contributed by atoms with Crippen molar-refractivity contribution >= 4 is 11.0 Å². The zero-order valence-electron chi connectivity index (χ0n) is 14.7. The molecule has 0 bridgehead atoms. The van der Waals surface area contributed by atoms with Crippen molar-refractivity contribution < 1.29 is 4.42 Å². The molecule has 4 heteroatoms. The highest BCUT2D eigenvalue weighted by Gasteiger charge is 2.25. The van der Waals surface area contributed by atoms with Gasteiger partial charge in [-0.2, -0.15) is 0 Å². The van der Waals surface area contributed by atoms with E-state index in [1.807, 2.05) is 18.3 Å². The summed E-state index contributed by atoms with van der Waals surface area (Å²) in [5.74, 6) is 0.634. The van der Waals surface area contributed by atoms with Gasteiger partial charge in [0.05, 0.1) is 12.0 Å². The number of furan rings is 1. The van der Waals surface area contributed by atoms with Crippen molar-refractivity contribution in [3.63, 3.8) is 0 Å². The summed E-state index contributed by atoms with van der Waals surface area (Å²) in [6, 6.07) is 15.2. The zero-order chi connectivity index (χ0) is 17.1. The number of likely N-dealkylation sites (tertiary alicyclic amines) is 1. The van der Waals surface area contributed by atoms with E-state index in [1.165, 1.54) is 17.4 Å². The lowest BCUT2D eigenvalue weighted by molar-refractivity contribution is 0.139. The second-order valence-corrected chi connectivity index (χ2v) is 7.10. The fraction of sp³-hybridized carbons (Fsp3) is 0.381. The number of hydrogen-bond donors (Lipinski definition) is 1. The summed E-state index contributed by atoms with van der Waals surface area (Å²) in [5.41, 5.74) is 3.44. The Bertz CT molecular complexity index is 814. The lowest BCUT2D eigenvalue weighted by Crippen LogP contribution is -2.47. The monoisotopic (exact) mass is 335 g/mol. The van der Waals surface area contributed by atoms with Gasteiger partial charge in [0.1, 0.15) is 5.58 Å². The number of nitrogens with zero attached hydrogens (tertiary/aromatic N) is 2. The van der Waals surface area contributed by atoms with E-state index in [0.29, 0.717) is 12.0 Å². The van der Waals surface area contributed by atoms with E-state index >= 15 is 0 Å². The van der Waals surface area contributed by atoms with Gasteiger partial charge < -0.3 is 9.73 Å². The number of rotatable bonds is 5. The van der Waals surface area contributed by atoms with Crippen molar-refractivity contribution in [2.24, 2.45) is 5.92 Å². The van der Waals surface area contributed by atoms with E-state index in [9.17, 15) is 0 Å². The summed E-state index contributed by atoms with van der Waals surface area (Å²) in [6.07, 6.45) is 4.81. The summed E-state index contributed by atoms with van der Waals surface area (Å²) in [4.78, 5) is 6.96. The number of fused-ring (bicyclic) bond motifs is 1. The molecule has 1 fully saturated rings. The van der Waals surface area contributed by atoms with Crippen LogP contribution in [0, 0.1) is 5.92 Å². The third-order valence-electron chi connectivity index (χ3n) is 5.19. The first-order valence-electron chi connectivity index (χ1n) is 9.10. The minimum atomic E-state index is 0.569. The Labute approximate surface area is 148 Å². The van der Waals surface area contributed by atoms with Crippen molar-refractivity contribution in [2.75, 3.05) is 13.1 Å². The quantitative estimate of drug-likeness (QED) is 0.769. The third-order valence-corrected chi connectivity index (χ3v) is 5.19. The molecule has 2 atom stereocenters. The molecule has 4 nitrogen and oxygen atoms in total. The van der Waals surface area contributed by atoms with E-state index in [-0.39, 0.29) is 0 Å². The third kappa shape index (κ3) is 3.91. The zero-order valence-corrected chi connectivity index (χ0v) is 14.7. The molecule has 1 aromatic carbocycles. The van der Waals surface area contributed by atoms with Crippen LogP contribution in [0.3, 0.4) is 0 Å². The van der Waals surface area contributed by atoms with Crippen LogP contribution < -0.4 is 5.32 Å². The second kappa shape index (κ2) is 7.38. The molecule has 0 aliphatic carbocycles. The number of benzene rings is 1. The van der Waals surface area contributed by atoms with Crippen LogP contribution in [0.15, 0.2) is 59.3 Å². The van der Waals surface area contributed by atoms with E-state index in [4.69, 9.17) is 4.42 Å². The maximum atomic E-state index is 5.41. The molecule has 25 heavy (non-hydrogen) atoms. The van der Waals surface area contributed by atoms with Crippen molar-refractivity contribution in [1.29, 1.82) is 0 Å². The van der Waals surface area contributed by atoms with Crippen LogP contribution in [-0.4, -0.2) is 29.0 Å². The predicted molar refractivity (Wildman–Crippen MR) is 100 cm³/mol. The number of piperidine rings is 1. The van der Waals surface area contributed by atoms with Gasteiger partial charge >= 0.3 is 0 Å². The topological polar surface area (TPSA) is 41.3 Å². The molecule has 1 saturated heterocycles. The van der Waals surface area contributed by atoms with Crippen LogP contribution in [-0.2, 0) is 13.1 Å². The number of nitrogens with one attached hydrogen (secondary N) is 1. The van der Waals surface area contributed by atoms with Crippen LogP contribution in [0.2, 0.25) is 0 Å². The van der Waals surface area contributed by atoms with E-state index in [0.717, 1.165) is 37.5 Å². The molecule has 0 amide bonds. The molecule has 3 heterocycles. The van der Waals surface area contributed by atoms with Crippen LogP contribution in [0.5, 0.6) is 0 Å². The minimum absolute atomic E-state index is 0.569. The molecular weight excluding hydrogens is 310 g/mol. The second-order valence-electron chi connectivity index (χ2n) is 7.10. The largest absolute Gasteiger partial charge is 0.464 e. The molecule has 1 aliphatic rings. The van der Waals surface area contributed by atoms with Gasteiger partial charge in [-0.05, 0) is 48.2 Å². The molecule has 0 radical (unpaired) electrons. The van der Waals surface area contributed by atoms with Crippen LogP contribution in [0.4, 0.5) is 0 Å². The predicted octanol–water partition coefficient (Wildman–Crippen LogP) is 3.83. The van der Waals surface area contributed by atoms with E-state index < -0.39 is 0 Å². The van der Waals surface area contributed by atoms with Crippen molar-refractivity contribution in [2.45, 2.75) is 32.5 Å². The molecule has 2 unspecified atom stereocenters. The first-order valence-corrected chi connectivity index (χ1v) is 9.10. The summed E-state index contributed by atoms with van der Waals surface area (Å²) < 4.78 is 5.41. The fourth-order valence-electron chi connectivity index (χ4n) is 3.77. The molecule has 1 N–H and O–H groups in total. The molecule has 2 aromatic heterocycles. The van der Waals surface area contributed by atoms with E-state index in [2.05, 4.69) is 52.5 Å². The molecule has 130 valence electrons.